The van der Waals surface area contributed by atoms with Crippen molar-refractivity contribution in [3.05, 3.63) is 47.0 Å². The first-order valence-electron chi connectivity index (χ1n) is 6.38. The lowest BCUT2D eigenvalue weighted by atomic mass is 10.2. The molecule has 0 unspecified atom stereocenters. The molecule has 106 valence electrons. The lowest BCUT2D eigenvalue weighted by Crippen LogP contribution is -2.26. The number of anilines is 1. The highest BCUT2D eigenvalue weighted by Crippen LogP contribution is 2.16. The number of benzene rings is 1. The molecule has 0 spiro atoms. The van der Waals surface area contributed by atoms with Crippen LogP contribution in [0.4, 0.5) is 10.1 Å². The van der Waals surface area contributed by atoms with Gasteiger partial charge in [0.15, 0.2) is 0 Å². The SMILES string of the molecule is CCn1nc(C)c(N)c1C(=O)NCc1cccc(F)c1. The summed E-state index contributed by atoms with van der Waals surface area (Å²) in [6.45, 7) is 4.44. The van der Waals surface area contributed by atoms with Gasteiger partial charge < -0.3 is 11.1 Å². The maximum atomic E-state index is 13.1. The Morgan fingerprint density at radius 1 is 1.50 bits per heavy atom. The quantitative estimate of drug-likeness (QED) is 0.895. The van der Waals surface area contributed by atoms with Crippen LogP contribution in [0.25, 0.3) is 0 Å². The molecule has 1 aromatic carbocycles. The third kappa shape index (κ3) is 2.79. The molecule has 1 amide bonds. The van der Waals surface area contributed by atoms with E-state index in [1.54, 1.807) is 23.7 Å². The van der Waals surface area contributed by atoms with Crippen molar-refractivity contribution in [2.24, 2.45) is 0 Å². The summed E-state index contributed by atoms with van der Waals surface area (Å²) in [5, 5.41) is 6.91. The van der Waals surface area contributed by atoms with Crippen LogP contribution in [0.2, 0.25) is 0 Å². The van der Waals surface area contributed by atoms with Gasteiger partial charge in [-0.1, -0.05) is 12.1 Å². The highest BCUT2D eigenvalue weighted by Gasteiger charge is 2.18. The molecule has 0 saturated heterocycles. The van der Waals surface area contributed by atoms with Crippen LogP contribution in [0.1, 0.15) is 28.7 Å². The fourth-order valence-electron chi connectivity index (χ4n) is 1.98. The van der Waals surface area contributed by atoms with Crippen molar-refractivity contribution in [2.75, 3.05) is 5.73 Å². The molecule has 20 heavy (non-hydrogen) atoms. The molecule has 0 aliphatic carbocycles. The summed E-state index contributed by atoms with van der Waals surface area (Å²) in [4.78, 5) is 12.2. The molecular formula is C14H17FN4O. The number of aromatic nitrogens is 2. The van der Waals surface area contributed by atoms with E-state index in [2.05, 4.69) is 10.4 Å². The lowest BCUT2D eigenvalue weighted by Gasteiger charge is -2.08. The third-order valence-electron chi connectivity index (χ3n) is 3.03. The minimum Gasteiger partial charge on any atom is -0.395 e. The van der Waals surface area contributed by atoms with E-state index in [0.29, 0.717) is 29.2 Å². The summed E-state index contributed by atoms with van der Waals surface area (Å²) in [7, 11) is 0. The molecule has 0 aliphatic rings. The van der Waals surface area contributed by atoms with E-state index in [4.69, 9.17) is 5.73 Å². The van der Waals surface area contributed by atoms with Crippen molar-refractivity contribution in [3.8, 4) is 0 Å². The van der Waals surface area contributed by atoms with Gasteiger partial charge >= 0.3 is 0 Å². The topological polar surface area (TPSA) is 72.9 Å². The van der Waals surface area contributed by atoms with Crippen molar-refractivity contribution >= 4 is 11.6 Å². The molecule has 0 bridgehead atoms. The van der Waals surface area contributed by atoms with Gasteiger partial charge in [0.05, 0.1) is 11.4 Å². The lowest BCUT2D eigenvalue weighted by molar-refractivity contribution is 0.0941. The van der Waals surface area contributed by atoms with Crippen LogP contribution in [0, 0.1) is 12.7 Å². The van der Waals surface area contributed by atoms with Gasteiger partial charge in [-0.25, -0.2) is 4.39 Å². The van der Waals surface area contributed by atoms with Crippen LogP contribution in [-0.4, -0.2) is 15.7 Å². The van der Waals surface area contributed by atoms with Crippen LogP contribution >= 0.6 is 0 Å². The standard InChI is InChI=1S/C14H17FN4O/c1-3-19-13(12(16)9(2)18-19)14(20)17-8-10-5-4-6-11(15)7-10/h4-7H,3,8,16H2,1-2H3,(H,17,20). The van der Waals surface area contributed by atoms with Gasteiger partial charge in [0.1, 0.15) is 11.5 Å². The molecular weight excluding hydrogens is 259 g/mol. The zero-order valence-electron chi connectivity index (χ0n) is 11.5. The van der Waals surface area contributed by atoms with E-state index < -0.39 is 0 Å². The number of amides is 1. The van der Waals surface area contributed by atoms with Crippen LogP contribution in [0.15, 0.2) is 24.3 Å². The summed E-state index contributed by atoms with van der Waals surface area (Å²) in [6.07, 6.45) is 0. The number of aryl methyl sites for hydroxylation is 2. The van der Waals surface area contributed by atoms with Gasteiger partial charge in [0.25, 0.3) is 5.91 Å². The fourth-order valence-corrected chi connectivity index (χ4v) is 1.98. The van der Waals surface area contributed by atoms with Gasteiger partial charge in [-0.15, -0.1) is 0 Å². The molecule has 0 fully saturated rings. The van der Waals surface area contributed by atoms with Crippen molar-refractivity contribution in [3.63, 3.8) is 0 Å². The summed E-state index contributed by atoms with van der Waals surface area (Å²) >= 11 is 0. The molecule has 0 saturated carbocycles. The molecule has 2 aromatic rings. The number of nitrogens with two attached hydrogens (primary N) is 1. The first-order valence-corrected chi connectivity index (χ1v) is 6.38. The number of carbonyl (C=O) groups is 1. The number of nitrogen functional groups attached to an aromatic ring is 1. The first-order chi connectivity index (χ1) is 9.52. The zero-order chi connectivity index (χ0) is 14.7. The number of hydrogen-bond donors (Lipinski definition) is 2. The highest BCUT2D eigenvalue weighted by molar-refractivity contribution is 5.97. The van der Waals surface area contributed by atoms with E-state index >= 15 is 0 Å². The second kappa shape index (κ2) is 5.73. The normalized spacial score (nSPS) is 10.6. The number of rotatable bonds is 4. The predicted octanol–water partition coefficient (Wildman–Crippen LogP) is 1.86. The van der Waals surface area contributed by atoms with Gasteiger partial charge in [0.2, 0.25) is 0 Å². The van der Waals surface area contributed by atoms with Crippen LogP contribution < -0.4 is 11.1 Å². The van der Waals surface area contributed by atoms with Gasteiger partial charge in [-0.2, -0.15) is 5.10 Å². The van der Waals surface area contributed by atoms with Crippen molar-refractivity contribution < 1.29 is 9.18 Å². The highest BCUT2D eigenvalue weighted by atomic mass is 19.1. The van der Waals surface area contributed by atoms with E-state index in [1.165, 1.54) is 12.1 Å². The van der Waals surface area contributed by atoms with E-state index in [1.807, 2.05) is 6.92 Å². The summed E-state index contributed by atoms with van der Waals surface area (Å²) in [5.41, 5.74) is 7.91. The fraction of sp³-hybridized carbons (Fsp3) is 0.286. The molecule has 6 heteroatoms. The zero-order valence-corrected chi connectivity index (χ0v) is 11.5. The molecule has 1 heterocycles. The maximum absolute atomic E-state index is 13.1. The summed E-state index contributed by atoms with van der Waals surface area (Å²) in [6, 6.07) is 6.09. The largest absolute Gasteiger partial charge is 0.395 e. The van der Waals surface area contributed by atoms with Gasteiger partial charge in [0, 0.05) is 13.1 Å². The van der Waals surface area contributed by atoms with Crippen LogP contribution in [0.3, 0.4) is 0 Å². The molecule has 0 atom stereocenters. The minimum atomic E-state index is -0.328. The van der Waals surface area contributed by atoms with E-state index in [-0.39, 0.29) is 18.3 Å². The molecule has 2 rings (SSSR count). The Kier molecular flexibility index (Phi) is 4.02. The average molecular weight is 276 g/mol. The smallest absolute Gasteiger partial charge is 0.271 e. The number of halogens is 1. The number of carbonyl (C=O) groups excluding carboxylic acids is 1. The Morgan fingerprint density at radius 3 is 2.90 bits per heavy atom. The summed E-state index contributed by atoms with van der Waals surface area (Å²) < 4.78 is 14.6. The molecule has 1 aromatic heterocycles. The van der Waals surface area contributed by atoms with Crippen LogP contribution in [-0.2, 0) is 13.1 Å². The van der Waals surface area contributed by atoms with Crippen molar-refractivity contribution in [1.82, 2.24) is 15.1 Å². The Balaban J connectivity index is 2.13. The Hall–Kier alpha value is -2.37. The Morgan fingerprint density at radius 2 is 2.25 bits per heavy atom. The maximum Gasteiger partial charge on any atom is 0.271 e. The van der Waals surface area contributed by atoms with Gasteiger partial charge in [-0.05, 0) is 31.5 Å². The van der Waals surface area contributed by atoms with Gasteiger partial charge in [-0.3, -0.25) is 9.48 Å². The first kappa shape index (κ1) is 14.0. The monoisotopic (exact) mass is 276 g/mol. The number of hydrogen-bond acceptors (Lipinski definition) is 3. The predicted molar refractivity (Wildman–Crippen MR) is 74.6 cm³/mol. The second-order valence-corrected chi connectivity index (χ2v) is 4.48. The molecule has 0 radical (unpaired) electrons. The van der Waals surface area contributed by atoms with Crippen molar-refractivity contribution in [1.29, 1.82) is 0 Å². The minimum absolute atomic E-state index is 0.240. The van der Waals surface area contributed by atoms with Crippen LogP contribution in [0.5, 0.6) is 0 Å². The van der Waals surface area contributed by atoms with Crippen molar-refractivity contribution in [2.45, 2.75) is 26.9 Å². The van der Waals surface area contributed by atoms with E-state index in [0.717, 1.165) is 0 Å². The molecule has 3 N–H and O–H groups in total. The third-order valence-corrected chi connectivity index (χ3v) is 3.03. The second-order valence-electron chi connectivity index (χ2n) is 4.48. The summed E-state index contributed by atoms with van der Waals surface area (Å²) in [5.74, 6) is -0.639. The Bertz CT molecular complexity index is 636. The molecule has 5 nitrogen and oxygen atoms in total. The number of nitrogens with zero attached hydrogens (tertiary/aromatic N) is 2. The number of nitrogens with one attached hydrogen (secondary N) is 1. The Labute approximate surface area is 116 Å². The van der Waals surface area contributed by atoms with E-state index in [9.17, 15) is 9.18 Å². The molecule has 0 aliphatic heterocycles. The average Bonchev–Trinajstić information content (AvgIpc) is 2.72.